The minimum atomic E-state index is -0.426. The summed E-state index contributed by atoms with van der Waals surface area (Å²) >= 11 is 7.73. The van der Waals surface area contributed by atoms with Gasteiger partial charge in [-0.15, -0.1) is 10.2 Å². The van der Waals surface area contributed by atoms with Gasteiger partial charge in [-0.05, 0) is 30.7 Å². The zero-order chi connectivity index (χ0) is 21.0. The lowest BCUT2D eigenvalue weighted by Crippen LogP contribution is -2.31. The number of ether oxygens (including phenoxy) is 1. The van der Waals surface area contributed by atoms with Crippen LogP contribution in [-0.2, 0) is 14.3 Å². The third-order valence-corrected chi connectivity index (χ3v) is 5.97. The molecule has 0 radical (unpaired) electrons. The van der Waals surface area contributed by atoms with Crippen molar-refractivity contribution < 1.29 is 19.1 Å². The average Bonchev–Trinajstić information content (AvgIpc) is 3.22. The Hall–Kier alpha value is -2.63. The molecule has 8 nitrogen and oxygen atoms in total. The zero-order valence-electron chi connectivity index (χ0n) is 15.5. The van der Waals surface area contributed by atoms with E-state index >= 15 is 0 Å². The smallest absolute Gasteiger partial charge is 0.337 e. The molecule has 11 heteroatoms. The molecular formula is C18H16N4O4S3. The molecule has 2 aromatic rings. The quantitative estimate of drug-likeness (QED) is 0.409. The molecule has 0 unspecified atom stereocenters. The Kier molecular flexibility index (Phi) is 6.72. The molecule has 2 amide bonds. The molecule has 1 aliphatic heterocycles. The fraction of sp³-hybridized carbons (Fsp3) is 0.222. The molecule has 1 aromatic carbocycles. The first-order valence-electron chi connectivity index (χ1n) is 8.41. The number of methoxy groups -OCH3 is 1. The molecule has 0 aliphatic carbocycles. The van der Waals surface area contributed by atoms with Gasteiger partial charge in [0.2, 0.25) is 11.0 Å². The van der Waals surface area contributed by atoms with E-state index in [4.69, 9.17) is 12.2 Å². The van der Waals surface area contributed by atoms with Gasteiger partial charge >= 0.3 is 5.97 Å². The van der Waals surface area contributed by atoms with Crippen molar-refractivity contribution in [3.63, 3.8) is 0 Å². The Labute approximate surface area is 180 Å². The minimum Gasteiger partial charge on any atom is -0.465 e. The number of hydrogen-bond acceptors (Lipinski definition) is 9. The monoisotopic (exact) mass is 448 g/mol. The number of aryl methyl sites for hydroxylation is 1. The number of rotatable bonds is 6. The number of carbonyl (C=O) groups is 3. The van der Waals surface area contributed by atoms with E-state index in [9.17, 15) is 14.4 Å². The number of amides is 2. The molecule has 29 heavy (non-hydrogen) atoms. The van der Waals surface area contributed by atoms with Gasteiger partial charge in [0.15, 0.2) is 0 Å². The molecule has 0 atom stereocenters. The van der Waals surface area contributed by atoms with Crippen molar-refractivity contribution in [2.24, 2.45) is 0 Å². The van der Waals surface area contributed by atoms with Crippen LogP contribution in [-0.4, -0.2) is 50.9 Å². The van der Waals surface area contributed by atoms with Crippen LogP contribution in [0.3, 0.4) is 0 Å². The van der Waals surface area contributed by atoms with Gasteiger partial charge in [-0.25, -0.2) is 4.79 Å². The second-order valence-electron chi connectivity index (χ2n) is 5.87. The average molecular weight is 449 g/mol. The van der Waals surface area contributed by atoms with E-state index in [1.165, 1.54) is 35.1 Å². The normalized spacial score (nSPS) is 15.1. The van der Waals surface area contributed by atoms with Crippen molar-refractivity contribution in [1.29, 1.82) is 0 Å². The molecule has 1 aliphatic rings. The number of nitrogens with zero attached hydrogens (tertiary/aromatic N) is 3. The number of anilines is 1. The van der Waals surface area contributed by atoms with Gasteiger partial charge in [0, 0.05) is 13.0 Å². The Morgan fingerprint density at radius 2 is 2.00 bits per heavy atom. The van der Waals surface area contributed by atoms with Crippen LogP contribution in [0.4, 0.5) is 5.13 Å². The zero-order valence-corrected chi connectivity index (χ0v) is 17.9. The van der Waals surface area contributed by atoms with Crippen molar-refractivity contribution in [3.8, 4) is 0 Å². The molecule has 3 rings (SSSR count). The largest absolute Gasteiger partial charge is 0.465 e. The highest BCUT2D eigenvalue weighted by molar-refractivity contribution is 8.26. The number of carbonyl (C=O) groups excluding carboxylic acids is 3. The van der Waals surface area contributed by atoms with Crippen molar-refractivity contribution in [1.82, 2.24) is 15.1 Å². The fourth-order valence-electron chi connectivity index (χ4n) is 2.42. The van der Waals surface area contributed by atoms with Crippen molar-refractivity contribution >= 4 is 68.6 Å². The highest BCUT2D eigenvalue weighted by Gasteiger charge is 2.32. The number of nitrogens with one attached hydrogen (secondary N) is 1. The van der Waals surface area contributed by atoms with Crippen LogP contribution in [0.5, 0.6) is 0 Å². The van der Waals surface area contributed by atoms with E-state index in [0.29, 0.717) is 19.9 Å². The van der Waals surface area contributed by atoms with Crippen LogP contribution >= 0.6 is 35.3 Å². The predicted molar refractivity (Wildman–Crippen MR) is 116 cm³/mol. The van der Waals surface area contributed by atoms with Crippen LogP contribution in [0.15, 0.2) is 29.2 Å². The summed E-state index contributed by atoms with van der Waals surface area (Å²) in [4.78, 5) is 38.1. The van der Waals surface area contributed by atoms with Gasteiger partial charge in [-0.1, -0.05) is 47.4 Å². The SMILES string of the molecule is COC(=O)c1ccc(C=C2SC(=S)N(CCC(=O)Nc3nnc(C)s3)C2=O)cc1. The standard InChI is InChI=1S/C18H16N4O4S3/c1-10-20-21-17(28-10)19-14(23)7-8-22-15(24)13(29-18(22)27)9-11-3-5-12(6-4-11)16(25)26-2/h3-6,9H,7-8H2,1-2H3,(H,19,21,23). The molecule has 1 saturated heterocycles. The highest BCUT2D eigenvalue weighted by atomic mass is 32.2. The van der Waals surface area contributed by atoms with E-state index in [0.717, 1.165) is 10.6 Å². The van der Waals surface area contributed by atoms with Crippen molar-refractivity contribution in [2.75, 3.05) is 19.0 Å². The summed E-state index contributed by atoms with van der Waals surface area (Å²) in [5, 5.41) is 11.5. The first kappa shape index (κ1) is 21.1. The second-order valence-corrected chi connectivity index (χ2v) is 8.73. The van der Waals surface area contributed by atoms with E-state index in [1.54, 1.807) is 37.3 Å². The van der Waals surface area contributed by atoms with Gasteiger partial charge in [-0.2, -0.15) is 0 Å². The lowest BCUT2D eigenvalue weighted by molar-refractivity contribution is -0.122. The first-order valence-corrected chi connectivity index (χ1v) is 10.4. The molecule has 1 N–H and O–H groups in total. The van der Waals surface area contributed by atoms with Crippen molar-refractivity contribution in [2.45, 2.75) is 13.3 Å². The molecule has 150 valence electrons. The highest BCUT2D eigenvalue weighted by Crippen LogP contribution is 2.32. The van der Waals surface area contributed by atoms with Crippen LogP contribution in [0.1, 0.15) is 27.3 Å². The maximum absolute atomic E-state index is 12.6. The predicted octanol–water partition coefficient (Wildman–Crippen LogP) is 2.86. The lowest BCUT2D eigenvalue weighted by Gasteiger charge is -2.13. The second kappa shape index (κ2) is 9.25. The minimum absolute atomic E-state index is 0.0895. The summed E-state index contributed by atoms with van der Waals surface area (Å²) < 4.78 is 5.06. The lowest BCUT2D eigenvalue weighted by atomic mass is 10.1. The van der Waals surface area contributed by atoms with Crippen LogP contribution in [0, 0.1) is 6.92 Å². The molecule has 1 fully saturated rings. The number of thiocarbonyl (C=S) groups is 1. The van der Waals surface area contributed by atoms with Gasteiger partial charge in [0.1, 0.15) is 9.33 Å². The summed E-state index contributed by atoms with van der Waals surface area (Å²) in [5.74, 6) is -0.945. The summed E-state index contributed by atoms with van der Waals surface area (Å²) in [6, 6.07) is 6.68. The maximum Gasteiger partial charge on any atom is 0.337 e. The third-order valence-electron chi connectivity index (χ3n) is 3.84. The van der Waals surface area contributed by atoms with E-state index in [1.807, 2.05) is 0 Å². The summed E-state index contributed by atoms with van der Waals surface area (Å²) in [6.45, 7) is 1.97. The molecule has 0 saturated carbocycles. The first-order chi connectivity index (χ1) is 13.9. The Morgan fingerprint density at radius 3 is 2.62 bits per heavy atom. The maximum atomic E-state index is 12.6. The van der Waals surface area contributed by atoms with E-state index < -0.39 is 5.97 Å². The van der Waals surface area contributed by atoms with Crippen LogP contribution in [0.25, 0.3) is 6.08 Å². The number of thioether (sulfide) groups is 1. The molecule has 1 aromatic heterocycles. The van der Waals surface area contributed by atoms with E-state index in [-0.39, 0.29) is 24.8 Å². The summed E-state index contributed by atoms with van der Waals surface area (Å²) in [7, 11) is 1.32. The van der Waals surface area contributed by atoms with E-state index in [2.05, 4.69) is 20.3 Å². The molecule has 0 spiro atoms. The Bertz CT molecular complexity index is 1000. The van der Waals surface area contributed by atoms with Gasteiger partial charge in [0.05, 0.1) is 17.6 Å². The Balaban J connectivity index is 1.60. The Morgan fingerprint density at radius 1 is 1.28 bits per heavy atom. The molecule has 0 bridgehead atoms. The van der Waals surface area contributed by atoms with Crippen molar-refractivity contribution in [3.05, 3.63) is 45.3 Å². The fourth-order valence-corrected chi connectivity index (χ4v) is 4.34. The summed E-state index contributed by atoms with van der Waals surface area (Å²) in [5.41, 5.74) is 1.18. The number of hydrogen-bond donors (Lipinski definition) is 1. The number of aromatic nitrogens is 2. The third kappa shape index (κ3) is 5.25. The van der Waals surface area contributed by atoms with Gasteiger partial charge in [-0.3, -0.25) is 14.5 Å². The number of benzene rings is 1. The van der Waals surface area contributed by atoms with Crippen LogP contribution < -0.4 is 5.32 Å². The molecule has 2 heterocycles. The van der Waals surface area contributed by atoms with Gasteiger partial charge < -0.3 is 10.1 Å². The number of esters is 1. The summed E-state index contributed by atoms with van der Waals surface area (Å²) in [6.07, 6.45) is 1.79. The van der Waals surface area contributed by atoms with Crippen LogP contribution in [0.2, 0.25) is 0 Å². The van der Waals surface area contributed by atoms with Gasteiger partial charge in [0.25, 0.3) is 5.91 Å². The molecular weight excluding hydrogens is 432 g/mol. The topological polar surface area (TPSA) is 101 Å².